The molecular formula is C23H27Cl. The van der Waals surface area contributed by atoms with Crippen LogP contribution in [0, 0.1) is 13.8 Å². The Bertz CT molecular complexity index is 766. The Kier molecular flexibility index (Phi) is 6.45. The second-order valence-corrected chi connectivity index (χ2v) is 6.78. The Balaban J connectivity index is 2.40. The highest BCUT2D eigenvalue weighted by atomic mass is 35.5. The van der Waals surface area contributed by atoms with Gasteiger partial charge in [0.1, 0.15) is 0 Å². The summed E-state index contributed by atoms with van der Waals surface area (Å²) in [5, 5.41) is 0.790. The van der Waals surface area contributed by atoms with Crippen LogP contribution in [0.4, 0.5) is 0 Å². The summed E-state index contributed by atoms with van der Waals surface area (Å²) in [6.45, 7) is 12.9. The summed E-state index contributed by atoms with van der Waals surface area (Å²) >= 11 is 6.24. The van der Waals surface area contributed by atoms with Crippen LogP contribution in [-0.4, -0.2) is 0 Å². The number of rotatable bonds is 6. The van der Waals surface area contributed by atoms with Crippen LogP contribution < -0.4 is 0 Å². The molecule has 0 saturated carbocycles. The average molecular weight is 339 g/mol. The van der Waals surface area contributed by atoms with Crippen molar-refractivity contribution in [2.75, 3.05) is 0 Å². The van der Waals surface area contributed by atoms with Crippen LogP contribution >= 0.6 is 11.6 Å². The SMILES string of the molecule is C=C(/C=C/c1c(CC)cc(C)cc1CCC)c1cccc(Cl)c1C. The van der Waals surface area contributed by atoms with E-state index in [1.807, 2.05) is 19.1 Å². The maximum Gasteiger partial charge on any atom is 0.0441 e. The van der Waals surface area contributed by atoms with Gasteiger partial charge in [-0.05, 0) is 66.1 Å². The van der Waals surface area contributed by atoms with E-state index in [0.29, 0.717) is 0 Å². The van der Waals surface area contributed by atoms with Gasteiger partial charge in [-0.1, -0.05) is 80.4 Å². The predicted octanol–water partition coefficient (Wildman–Crippen LogP) is 7.20. The number of benzene rings is 2. The fourth-order valence-electron chi connectivity index (χ4n) is 3.16. The standard InChI is InChI=1S/C23H27Cl/c1-6-9-20-15-16(3)14-19(7-2)22(20)13-12-17(4)21-10-8-11-23(24)18(21)5/h8,10-15H,4,6-7,9H2,1-3,5H3/b13-12+. The molecular weight excluding hydrogens is 312 g/mol. The molecule has 0 spiro atoms. The van der Waals surface area contributed by atoms with E-state index in [4.69, 9.17) is 11.6 Å². The fourth-order valence-corrected chi connectivity index (χ4v) is 3.34. The monoisotopic (exact) mass is 338 g/mol. The van der Waals surface area contributed by atoms with Crippen molar-refractivity contribution >= 4 is 23.3 Å². The summed E-state index contributed by atoms with van der Waals surface area (Å²) in [4.78, 5) is 0. The Morgan fingerprint density at radius 1 is 1.12 bits per heavy atom. The molecule has 2 rings (SSSR count). The lowest BCUT2D eigenvalue weighted by Crippen LogP contribution is -1.97. The first-order valence-corrected chi connectivity index (χ1v) is 9.10. The quantitative estimate of drug-likeness (QED) is 0.488. The lowest BCUT2D eigenvalue weighted by atomic mass is 9.92. The van der Waals surface area contributed by atoms with Crippen LogP contribution in [0.15, 0.2) is 43.0 Å². The van der Waals surface area contributed by atoms with Gasteiger partial charge in [-0.15, -0.1) is 0 Å². The van der Waals surface area contributed by atoms with Gasteiger partial charge in [0.15, 0.2) is 0 Å². The highest BCUT2D eigenvalue weighted by molar-refractivity contribution is 6.31. The molecule has 24 heavy (non-hydrogen) atoms. The van der Waals surface area contributed by atoms with E-state index in [-0.39, 0.29) is 0 Å². The summed E-state index contributed by atoms with van der Waals surface area (Å²) < 4.78 is 0. The summed E-state index contributed by atoms with van der Waals surface area (Å²) in [5.41, 5.74) is 8.73. The largest absolute Gasteiger partial charge is 0.0911 e. The van der Waals surface area contributed by atoms with Crippen LogP contribution in [0.25, 0.3) is 11.6 Å². The zero-order chi connectivity index (χ0) is 17.7. The molecule has 0 N–H and O–H groups in total. The number of aryl methyl sites for hydroxylation is 3. The van der Waals surface area contributed by atoms with E-state index in [9.17, 15) is 0 Å². The number of allylic oxidation sites excluding steroid dienone is 2. The van der Waals surface area contributed by atoms with Gasteiger partial charge < -0.3 is 0 Å². The second kappa shape index (κ2) is 8.35. The molecule has 0 fully saturated rings. The van der Waals surface area contributed by atoms with E-state index >= 15 is 0 Å². The zero-order valence-corrected chi connectivity index (χ0v) is 16.0. The second-order valence-electron chi connectivity index (χ2n) is 6.37. The highest BCUT2D eigenvalue weighted by Crippen LogP contribution is 2.27. The smallest absolute Gasteiger partial charge is 0.0441 e. The minimum absolute atomic E-state index is 0.790. The van der Waals surface area contributed by atoms with Crippen LogP contribution in [-0.2, 0) is 12.8 Å². The Morgan fingerprint density at radius 2 is 1.83 bits per heavy atom. The summed E-state index contributed by atoms with van der Waals surface area (Å²) in [6.07, 6.45) is 7.66. The van der Waals surface area contributed by atoms with Crippen LogP contribution in [0.2, 0.25) is 5.02 Å². The van der Waals surface area contributed by atoms with Crippen molar-refractivity contribution < 1.29 is 0 Å². The Labute approximate surface area is 151 Å². The van der Waals surface area contributed by atoms with E-state index in [0.717, 1.165) is 41.0 Å². The molecule has 0 amide bonds. The third kappa shape index (κ3) is 4.19. The third-order valence-electron chi connectivity index (χ3n) is 4.46. The van der Waals surface area contributed by atoms with Gasteiger partial charge in [-0.3, -0.25) is 0 Å². The number of hydrogen-bond donors (Lipinski definition) is 0. The van der Waals surface area contributed by atoms with Crippen molar-refractivity contribution in [3.63, 3.8) is 0 Å². The van der Waals surface area contributed by atoms with Gasteiger partial charge in [-0.2, -0.15) is 0 Å². The topological polar surface area (TPSA) is 0 Å². The van der Waals surface area contributed by atoms with Gasteiger partial charge in [-0.25, -0.2) is 0 Å². The summed E-state index contributed by atoms with van der Waals surface area (Å²) in [5.74, 6) is 0. The molecule has 0 bridgehead atoms. The van der Waals surface area contributed by atoms with Crippen molar-refractivity contribution in [2.45, 2.75) is 47.0 Å². The first-order valence-electron chi connectivity index (χ1n) is 8.72. The van der Waals surface area contributed by atoms with Gasteiger partial charge >= 0.3 is 0 Å². The highest BCUT2D eigenvalue weighted by Gasteiger charge is 2.07. The lowest BCUT2D eigenvalue weighted by molar-refractivity contribution is 0.912. The van der Waals surface area contributed by atoms with E-state index in [1.54, 1.807) is 0 Å². The third-order valence-corrected chi connectivity index (χ3v) is 4.87. The molecule has 0 aliphatic carbocycles. The maximum absolute atomic E-state index is 6.24. The van der Waals surface area contributed by atoms with Crippen LogP contribution in [0.5, 0.6) is 0 Å². The molecule has 0 aliphatic heterocycles. The zero-order valence-electron chi connectivity index (χ0n) is 15.2. The normalized spacial score (nSPS) is 11.2. The van der Waals surface area contributed by atoms with Crippen LogP contribution in [0.3, 0.4) is 0 Å². The summed E-state index contributed by atoms with van der Waals surface area (Å²) in [7, 11) is 0. The number of hydrogen-bond acceptors (Lipinski definition) is 0. The molecule has 0 saturated heterocycles. The molecule has 0 unspecified atom stereocenters. The Hall–Kier alpha value is -1.79. The van der Waals surface area contributed by atoms with E-state index < -0.39 is 0 Å². The summed E-state index contributed by atoms with van der Waals surface area (Å²) in [6, 6.07) is 10.6. The lowest BCUT2D eigenvalue weighted by Gasteiger charge is -2.13. The molecule has 0 radical (unpaired) electrons. The van der Waals surface area contributed by atoms with Gasteiger partial charge in [0.2, 0.25) is 0 Å². The van der Waals surface area contributed by atoms with Gasteiger partial charge in [0.25, 0.3) is 0 Å². The molecule has 1 heteroatoms. The fraction of sp³-hybridized carbons (Fsp3) is 0.304. The average Bonchev–Trinajstić information content (AvgIpc) is 2.56. The van der Waals surface area contributed by atoms with Crippen LogP contribution in [0.1, 0.15) is 53.6 Å². The molecule has 0 atom stereocenters. The van der Waals surface area contributed by atoms with Crippen molar-refractivity contribution in [1.82, 2.24) is 0 Å². The minimum Gasteiger partial charge on any atom is -0.0911 e. The molecule has 126 valence electrons. The van der Waals surface area contributed by atoms with Gasteiger partial charge in [0.05, 0.1) is 0 Å². The molecule has 0 aromatic heterocycles. The van der Waals surface area contributed by atoms with Crippen molar-refractivity contribution in [3.8, 4) is 0 Å². The molecule has 0 heterocycles. The van der Waals surface area contributed by atoms with Crippen molar-refractivity contribution in [2.24, 2.45) is 0 Å². The molecule has 2 aromatic rings. The van der Waals surface area contributed by atoms with Crippen molar-refractivity contribution in [1.29, 1.82) is 0 Å². The first-order chi connectivity index (χ1) is 11.5. The molecule has 0 nitrogen and oxygen atoms in total. The number of halogens is 1. The first kappa shape index (κ1) is 18.5. The minimum atomic E-state index is 0.790. The van der Waals surface area contributed by atoms with E-state index in [2.05, 4.69) is 57.7 Å². The Morgan fingerprint density at radius 3 is 2.50 bits per heavy atom. The molecule has 0 aliphatic rings. The maximum atomic E-state index is 6.24. The van der Waals surface area contributed by atoms with Crippen molar-refractivity contribution in [3.05, 3.63) is 81.4 Å². The van der Waals surface area contributed by atoms with E-state index in [1.165, 1.54) is 22.3 Å². The van der Waals surface area contributed by atoms with Gasteiger partial charge in [0, 0.05) is 5.02 Å². The predicted molar refractivity (Wildman–Crippen MR) is 109 cm³/mol. The molecule has 2 aromatic carbocycles.